The number of ketones is 1. The summed E-state index contributed by atoms with van der Waals surface area (Å²) in [6, 6.07) is 6.99. The number of unbranched alkanes of at least 4 members (excludes halogenated alkanes) is 1. The maximum Gasteiger partial charge on any atom is 0.280 e. The van der Waals surface area contributed by atoms with E-state index in [4.69, 9.17) is 5.73 Å². The van der Waals surface area contributed by atoms with Crippen LogP contribution in [0.15, 0.2) is 35.8 Å². The van der Waals surface area contributed by atoms with Gasteiger partial charge in [0.1, 0.15) is 0 Å². The highest BCUT2D eigenvalue weighted by atomic mass is 32.1. The number of carbonyl (C=O) groups is 2. The predicted molar refractivity (Wildman–Crippen MR) is 100 cm³/mol. The van der Waals surface area contributed by atoms with Crippen LogP contribution < -0.4 is 11.1 Å². The third-order valence-electron chi connectivity index (χ3n) is 3.70. The maximum absolute atomic E-state index is 12.9. The second-order valence-corrected chi connectivity index (χ2v) is 7.42. The van der Waals surface area contributed by atoms with Crippen LogP contribution in [0.25, 0.3) is 10.2 Å². The molecule has 0 aliphatic rings. The van der Waals surface area contributed by atoms with Crippen LogP contribution in [-0.2, 0) is 0 Å². The number of hydrogen-bond acceptors (Lipinski definition) is 7. The molecule has 3 aromatic rings. The van der Waals surface area contributed by atoms with Crippen LogP contribution in [0.3, 0.4) is 0 Å². The highest BCUT2D eigenvalue weighted by Gasteiger charge is 2.25. The molecule has 0 fully saturated rings. The normalized spacial score (nSPS) is 12.2. The van der Waals surface area contributed by atoms with Crippen LogP contribution in [0, 0.1) is 0 Å². The molecule has 1 atom stereocenters. The number of nitrogens with one attached hydrogen (secondary N) is 1. The molecular weight excluding hydrogens is 356 g/mol. The third-order valence-corrected chi connectivity index (χ3v) is 5.52. The number of rotatable bonds is 8. The fourth-order valence-corrected chi connectivity index (χ4v) is 3.94. The monoisotopic (exact) mass is 374 g/mol. The number of carbonyl (C=O) groups excluding carboxylic acids is 2. The lowest BCUT2D eigenvalue weighted by Crippen LogP contribution is -2.41. The van der Waals surface area contributed by atoms with Crippen LogP contribution in [0.5, 0.6) is 0 Å². The Morgan fingerprint density at radius 3 is 2.76 bits per heavy atom. The molecule has 0 radical (unpaired) electrons. The molecule has 0 bridgehead atoms. The molecule has 1 aromatic carbocycles. The van der Waals surface area contributed by atoms with Crippen molar-refractivity contribution in [2.75, 3.05) is 6.54 Å². The standard InChI is InChI=1S/C17H18N4O2S2/c18-8-4-3-6-12(20-15(23)17-19-9-10-24-17)14(22)16-21-11-5-1-2-7-13(11)25-16/h1-2,5,7,9-10,12H,3-4,6,8,18H2,(H,20,23). The number of hydrogen-bond donors (Lipinski definition) is 2. The summed E-state index contributed by atoms with van der Waals surface area (Å²) in [6.45, 7) is 0.558. The zero-order chi connectivity index (χ0) is 17.6. The fourth-order valence-electron chi connectivity index (χ4n) is 2.44. The molecule has 0 aliphatic carbocycles. The molecule has 8 heteroatoms. The Morgan fingerprint density at radius 1 is 1.20 bits per heavy atom. The minimum Gasteiger partial charge on any atom is -0.340 e. The predicted octanol–water partition coefficient (Wildman–Crippen LogP) is 2.86. The van der Waals surface area contributed by atoms with Crippen LogP contribution in [0.2, 0.25) is 0 Å². The summed E-state index contributed by atoms with van der Waals surface area (Å²) in [4.78, 5) is 33.6. The minimum atomic E-state index is -0.622. The highest BCUT2D eigenvalue weighted by molar-refractivity contribution is 7.20. The summed E-state index contributed by atoms with van der Waals surface area (Å²) in [6.07, 6.45) is 3.66. The van der Waals surface area contributed by atoms with Crippen molar-refractivity contribution >= 4 is 44.6 Å². The Kier molecular flexibility index (Phi) is 5.85. The fraction of sp³-hybridized carbons (Fsp3) is 0.294. The van der Waals surface area contributed by atoms with Gasteiger partial charge in [-0.2, -0.15) is 0 Å². The van der Waals surface area contributed by atoms with E-state index >= 15 is 0 Å². The molecule has 0 saturated carbocycles. The van der Waals surface area contributed by atoms with Crippen molar-refractivity contribution in [2.24, 2.45) is 5.73 Å². The van der Waals surface area contributed by atoms with Crippen molar-refractivity contribution < 1.29 is 9.59 Å². The molecular formula is C17H18N4O2S2. The Hall–Kier alpha value is -2.16. The van der Waals surface area contributed by atoms with Gasteiger partial charge in [0.25, 0.3) is 5.91 Å². The quantitative estimate of drug-likeness (QED) is 0.467. The van der Waals surface area contributed by atoms with E-state index in [2.05, 4.69) is 15.3 Å². The molecule has 130 valence electrons. The molecule has 3 N–H and O–H groups in total. The molecule has 0 aliphatic heterocycles. The Bertz CT molecular complexity index is 828. The number of fused-ring (bicyclic) bond motifs is 1. The van der Waals surface area contributed by atoms with Gasteiger partial charge in [0.15, 0.2) is 10.0 Å². The van der Waals surface area contributed by atoms with Gasteiger partial charge in [0.05, 0.1) is 16.3 Å². The van der Waals surface area contributed by atoms with Crippen molar-refractivity contribution in [1.29, 1.82) is 0 Å². The van der Waals surface area contributed by atoms with Gasteiger partial charge in [-0.05, 0) is 37.9 Å². The first kappa shape index (κ1) is 17.7. The lowest BCUT2D eigenvalue weighted by atomic mass is 10.1. The Labute approximate surface area is 153 Å². The number of benzene rings is 1. The van der Waals surface area contributed by atoms with Crippen LogP contribution in [0.4, 0.5) is 0 Å². The largest absolute Gasteiger partial charge is 0.340 e. The van der Waals surface area contributed by atoms with Crippen LogP contribution in [-0.4, -0.2) is 34.2 Å². The summed E-state index contributed by atoms with van der Waals surface area (Å²) < 4.78 is 0.956. The number of thiazole rings is 2. The van der Waals surface area contributed by atoms with Gasteiger partial charge in [0.2, 0.25) is 5.78 Å². The second kappa shape index (κ2) is 8.28. The summed E-state index contributed by atoms with van der Waals surface area (Å²) >= 11 is 2.59. The number of nitrogens with two attached hydrogens (primary N) is 1. The van der Waals surface area contributed by atoms with E-state index in [1.54, 1.807) is 11.6 Å². The van der Waals surface area contributed by atoms with E-state index in [-0.39, 0.29) is 11.7 Å². The summed E-state index contributed by atoms with van der Waals surface area (Å²) in [5, 5.41) is 5.30. The van der Waals surface area contributed by atoms with Gasteiger partial charge >= 0.3 is 0 Å². The first-order chi connectivity index (χ1) is 12.2. The summed E-state index contributed by atoms with van der Waals surface area (Å²) in [7, 11) is 0. The van der Waals surface area contributed by atoms with E-state index in [1.165, 1.54) is 22.7 Å². The average molecular weight is 374 g/mol. The smallest absolute Gasteiger partial charge is 0.280 e. The number of aromatic nitrogens is 2. The lowest BCUT2D eigenvalue weighted by molar-refractivity contribution is 0.0851. The highest BCUT2D eigenvalue weighted by Crippen LogP contribution is 2.23. The van der Waals surface area contributed by atoms with Crippen molar-refractivity contribution in [3.63, 3.8) is 0 Å². The summed E-state index contributed by atoms with van der Waals surface area (Å²) in [5.41, 5.74) is 6.33. The minimum absolute atomic E-state index is 0.164. The number of para-hydroxylation sites is 1. The molecule has 0 spiro atoms. The van der Waals surface area contributed by atoms with E-state index in [1.807, 2.05) is 24.3 Å². The molecule has 6 nitrogen and oxygen atoms in total. The SMILES string of the molecule is NCCCCC(NC(=O)c1nccs1)C(=O)c1nc2ccccc2s1. The molecule has 2 aromatic heterocycles. The van der Waals surface area contributed by atoms with E-state index in [0.717, 1.165) is 23.1 Å². The van der Waals surface area contributed by atoms with Gasteiger partial charge in [-0.15, -0.1) is 22.7 Å². The number of Topliss-reactive ketones (excluding diaryl/α,β-unsaturated/α-hetero) is 1. The zero-order valence-electron chi connectivity index (χ0n) is 13.5. The summed E-state index contributed by atoms with van der Waals surface area (Å²) in [5.74, 6) is -0.495. The zero-order valence-corrected chi connectivity index (χ0v) is 15.1. The first-order valence-electron chi connectivity index (χ1n) is 7.99. The molecule has 3 rings (SSSR count). The van der Waals surface area contributed by atoms with Gasteiger partial charge in [0, 0.05) is 11.6 Å². The first-order valence-corrected chi connectivity index (χ1v) is 9.69. The van der Waals surface area contributed by atoms with Gasteiger partial charge in [-0.1, -0.05) is 12.1 Å². The topological polar surface area (TPSA) is 98.0 Å². The Morgan fingerprint density at radius 2 is 2.04 bits per heavy atom. The number of nitrogens with zero attached hydrogens (tertiary/aromatic N) is 2. The van der Waals surface area contributed by atoms with Crippen LogP contribution in [0.1, 0.15) is 38.9 Å². The molecule has 25 heavy (non-hydrogen) atoms. The van der Waals surface area contributed by atoms with Crippen molar-refractivity contribution in [2.45, 2.75) is 25.3 Å². The van der Waals surface area contributed by atoms with E-state index in [0.29, 0.717) is 23.0 Å². The Balaban J connectivity index is 1.79. The lowest BCUT2D eigenvalue weighted by Gasteiger charge is -2.15. The second-order valence-electron chi connectivity index (χ2n) is 5.50. The van der Waals surface area contributed by atoms with Gasteiger partial charge in [-0.25, -0.2) is 9.97 Å². The van der Waals surface area contributed by atoms with E-state index < -0.39 is 6.04 Å². The molecule has 1 amide bonds. The van der Waals surface area contributed by atoms with Gasteiger partial charge in [-0.3, -0.25) is 9.59 Å². The molecule has 1 unspecified atom stereocenters. The maximum atomic E-state index is 12.9. The average Bonchev–Trinajstić information content (AvgIpc) is 3.29. The number of amides is 1. The van der Waals surface area contributed by atoms with Crippen molar-refractivity contribution in [3.05, 3.63) is 45.9 Å². The molecule has 0 saturated heterocycles. The van der Waals surface area contributed by atoms with Gasteiger partial charge < -0.3 is 11.1 Å². The van der Waals surface area contributed by atoms with Crippen LogP contribution >= 0.6 is 22.7 Å². The molecule has 2 heterocycles. The van der Waals surface area contributed by atoms with E-state index in [9.17, 15) is 9.59 Å². The van der Waals surface area contributed by atoms with Crippen molar-refractivity contribution in [1.82, 2.24) is 15.3 Å². The van der Waals surface area contributed by atoms with Crippen molar-refractivity contribution in [3.8, 4) is 0 Å². The third kappa shape index (κ3) is 4.28.